The van der Waals surface area contributed by atoms with Crippen molar-refractivity contribution >= 4 is 40.4 Å². The number of rotatable bonds is 5. The minimum Gasteiger partial charge on any atom is -0.391 e. The molecule has 2 fully saturated rings. The lowest BCUT2D eigenvalue weighted by Gasteiger charge is -2.32. The molecule has 2 amide bonds. The predicted octanol–water partition coefficient (Wildman–Crippen LogP) is 4.29. The van der Waals surface area contributed by atoms with Crippen LogP contribution in [0.3, 0.4) is 0 Å². The van der Waals surface area contributed by atoms with E-state index in [2.05, 4.69) is 15.4 Å². The average Bonchev–Trinajstić information content (AvgIpc) is 3.70. The number of thiazole rings is 1. The van der Waals surface area contributed by atoms with Gasteiger partial charge in [0.05, 0.1) is 17.8 Å². The third-order valence-electron chi connectivity index (χ3n) is 7.00. The van der Waals surface area contributed by atoms with Crippen molar-refractivity contribution < 1.29 is 23.1 Å². The van der Waals surface area contributed by atoms with Crippen LogP contribution < -0.4 is 5.32 Å². The summed E-state index contributed by atoms with van der Waals surface area (Å²) in [5, 5.41) is 19.6. The molecule has 3 atom stereocenters. The molecule has 0 spiro atoms. The molecule has 5 heterocycles. The molecule has 9 nitrogen and oxygen atoms in total. The molecular formula is C25H23ClF3N7O2S. The summed E-state index contributed by atoms with van der Waals surface area (Å²) in [5.74, 6) is 0.0212. The van der Waals surface area contributed by atoms with Gasteiger partial charge in [-0.3, -0.25) is 4.99 Å². The van der Waals surface area contributed by atoms with Gasteiger partial charge in [0, 0.05) is 65.7 Å². The Morgan fingerprint density at radius 2 is 2.10 bits per heavy atom. The smallest absolute Gasteiger partial charge is 0.333 e. The zero-order valence-corrected chi connectivity index (χ0v) is 21.9. The number of aliphatic imine (C=N–C) groups is 1. The summed E-state index contributed by atoms with van der Waals surface area (Å²) >= 11 is 7.86. The number of alkyl halides is 2. The summed E-state index contributed by atoms with van der Waals surface area (Å²) in [5.41, 5.74) is 2.03. The second kappa shape index (κ2) is 10.3. The lowest BCUT2D eigenvalue weighted by atomic mass is 9.92. The van der Waals surface area contributed by atoms with E-state index in [1.54, 1.807) is 11.1 Å². The second-order valence-electron chi connectivity index (χ2n) is 9.53. The molecule has 3 aromatic rings. The molecule has 39 heavy (non-hydrogen) atoms. The fraction of sp³-hybridized carbons (Fsp3) is 0.360. The monoisotopic (exact) mass is 577 g/mol. The zero-order valence-electron chi connectivity index (χ0n) is 20.3. The number of carbonyl (C=O) groups excluding carboxylic acids is 1. The first kappa shape index (κ1) is 25.8. The number of aliphatic hydroxyl groups excluding tert-OH is 1. The third-order valence-corrected chi connectivity index (χ3v) is 8.10. The Balaban J connectivity index is 1.45. The van der Waals surface area contributed by atoms with Gasteiger partial charge < -0.3 is 20.2 Å². The first-order valence-corrected chi connectivity index (χ1v) is 13.5. The van der Waals surface area contributed by atoms with E-state index in [4.69, 9.17) is 16.6 Å². The van der Waals surface area contributed by atoms with Gasteiger partial charge in [0.1, 0.15) is 11.9 Å². The number of nitrogens with zero attached hydrogens (tertiary/aromatic N) is 6. The molecule has 6 rings (SSSR count). The van der Waals surface area contributed by atoms with Crippen LogP contribution in [-0.2, 0) is 0 Å². The molecule has 1 aromatic carbocycles. The molecule has 0 radical (unpaired) electrons. The topological polar surface area (TPSA) is 98.9 Å². The van der Waals surface area contributed by atoms with Gasteiger partial charge in [0.15, 0.2) is 10.8 Å². The number of halogens is 4. The molecule has 3 aliphatic heterocycles. The summed E-state index contributed by atoms with van der Waals surface area (Å²) < 4.78 is 41.5. The SMILES string of the molecule is O=C(N[C@H]1CC2=C(c3ccn(C(F)F)n3)[C@H](c3ccc(F)cc3Cl)N=C(c3nccs3)N2C1)N1CC[C@H](O)C1. The highest BCUT2D eigenvalue weighted by molar-refractivity contribution is 7.11. The molecule has 2 aromatic heterocycles. The van der Waals surface area contributed by atoms with Gasteiger partial charge in [0.25, 0.3) is 0 Å². The summed E-state index contributed by atoms with van der Waals surface area (Å²) in [6, 6.07) is 4.05. The van der Waals surface area contributed by atoms with Crippen molar-refractivity contribution in [2.24, 2.45) is 4.99 Å². The van der Waals surface area contributed by atoms with Gasteiger partial charge >= 0.3 is 12.6 Å². The molecule has 0 bridgehead atoms. The largest absolute Gasteiger partial charge is 0.391 e. The third kappa shape index (κ3) is 4.90. The number of benzene rings is 1. The van der Waals surface area contributed by atoms with Gasteiger partial charge in [-0.05, 0) is 24.6 Å². The average molecular weight is 578 g/mol. The van der Waals surface area contributed by atoms with Gasteiger partial charge in [-0.2, -0.15) is 13.9 Å². The zero-order chi connectivity index (χ0) is 27.3. The molecule has 204 valence electrons. The molecule has 0 saturated carbocycles. The van der Waals surface area contributed by atoms with Crippen molar-refractivity contribution in [3.63, 3.8) is 0 Å². The predicted molar refractivity (Wildman–Crippen MR) is 139 cm³/mol. The van der Waals surface area contributed by atoms with Crippen molar-refractivity contribution in [2.75, 3.05) is 19.6 Å². The van der Waals surface area contributed by atoms with Crippen LogP contribution in [-0.4, -0.2) is 73.3 Å². The number of aromatic nitrogens is 3. The van der Waals surface area contributed by atoms with E-state index in [9.17, 15) is 23.1 Å². The molecule has 3 aliphatic rings. The number of urea groups is 1. The van der Waals surface area contributed by atoms with Crippen LogP contribution in [0.5, 0.6) is 0 Å². The molecule has 14 heteroatoms. The molecule has 0 unspecified atom stereocenters. The van der Waals surface area contributed by atoms with Gasteiger partial charge in [-0.1, -0.05) is 17.7 Å². The summed E-state index contributed by atoms with van der Waals surface area (Å²) in [6.07, 6.45) is 3.18. The van der Waals surface area contributed by atoms with E-state index in [0.29, 0.717) is 52.6 Å². The number of hydrogen-bond acceptors (Lipinski definition) is 7. The Morgan fingerprint density at radius 1 is 1.26 bits per heavy atom. The fourth-order valence-electron chi connectivity index (χ4n) is 5.24. The van der Waals surface area contributed by atoms with Crippen LogP contribution in [0, 0.1) is 5.82 Å². The van der Waals surface area contributed by atoms with Crippen molar-refractivity contribution in [1.29, 1.82) is 0 Å². The lowest BCUT2D eigenvalue weighted by Crippen LogP contribution is -2.45. The van der Waals surface area contributed by atoms with Gasteiger partial charge in [-0.15, -0.1) is 11.3 Å². The quantitative estimate of drug-likeness (QED) is 0.471. The van der Waals surface area contributed by atoms with E-state index < -0.39 is 24.5 Å². The number of carbonyl (C=O) groups is 1. The number of amidine groups is 1. The van der Waals surface area contributed by atoms with Crippen molar-refractivity contribution in [3.8, 4) is 0 Å². The maximum Gasteiger partial charge on any atom is 0.333 e. The fourth-order valence-corrected chi connectivity index (χ4v) is 6.15. The Bertz CT molecular complexity index is 1460. The number of nitrogens with one attached hydrogen (secondary N) is 1. The van der Waals surface area contributed by atoms with Crippen molar-refractivity contribution in [1.82, 2.24) is 29.9 Å². The van der Waals surface area contributed by atoms with Crippen molar-refractivity contribution in [3.05, 3.63) is 74.8 Å². The Labute approximate surface area is 230 Å². The van der Waals surface area contributed by atoms with Crippen molar-refractivity contribution in [2.45, 2.75) is 37.6 Å². The Morgan fingerprint density at radius 3 is 2.77 bits per heavy atom. The highest BCUT2D eigenvalue weighted by Crippen LogP contribution is 2.46. The standard InChI is InChI=1S/C25H23ClF3N7O2S/c26-17-9-13(27)1-2-16(17)21-20(18-4-7-36(33-18)24(28)29)19-10-14(31-25(38)34-6-3-15(37)12-34)11-35(19)22(32-21)23-30-5-8-39-23/h1-2,4-5,7-9,14-15,21,24,37H,3,6,10-12H2,(H,31,38)/t14-,15-,21-/m0/s1. The minimum absolute atomic E-state index is 0.137. The van der Waals surface area contributed by atoms with Gasteiger partial charge in [0.2, 0.25) is 0 Å². The van der Waals surface area contributed by atoms with E-state index >= 15 is 0 Å². The molecular weight excluding hydrogens is 555 g/mol. The van der Waals surface area contributed by atoms with Crippen LogP contribution in [0.1, 0.15) is 41.7 Å². The number of β-amino-alcohol motifs (C(OH)–C–C–N with tert-alkyl or cyclic N) is 1. The van der Waals surface area contributed by atoms with E-state index in [-0.39, 0.29) is 29.3 Å². The molecule has 0 aliphatic carbocycles. The Kier molecular flexibility index (Phi) is 6.81. The van der Waals surface area contributed by atoms with Crippen LogP contribution >= 0.6 is 22.9 Å². The number of amides is 2. The van der Waals surface area contributed by atoms with Crippen LogP contribution in [0.2, 0.25) is 5.02 Å². The lowest BCUT2D eigenvalue weighted by molar-refractivity contribution is 0.0564. The number of likely N-dealkylation sites (tertiary alicyclic amines) is 1. The first-order chi connectivity index (χ1) is 18.8. The minimum atomic E-state index is -2.84. The highest BCUT2D eigenvalue weighted by atomic mass is 35.5. The molecule has 2 saturated heterocycles. The Hall–Kier alpha value is -3.42. The summed E-state index contributed by atoms with van der Waals surface area (Å²) in [6.45, 7) is -1.76. The summed E-state index contributed by atoms with van der Waals surface area (Å²) in [7, 11) is 0. The van der Waals surface area contributed by atoms with Crippen LogP contribution in [0.4, 0.5) is 18.0 Å². The number of aliphatic hydroxyl groups is 1. The van der Waals surface area contributed by atoms with Crippen LogP contribution in [0.15, 0.2) is 52.7 Å². The van der Waals surface area contributed by atoms with E-state index in [1.807, 2.05) is 10.3 Å². The second-order valence-corrected chi connectivity index (χ2v) is 10.8. The maximum absolute atomic E-state index is 14.0. The highest BCUT2D eigenvalue weighted by Gasteiger charge is 2.42. The van der Waals surface area contributed by atoms with E-state index in [1.165, 1.54) is 41.8 Å². The number of fused-ring (bicyclic) bond motifs is 1. The summed E-state index contributed by atoms with van der Waals surface area (Å²) in [4.78, 5) is 25.8. The number of hydrogen-bond donors (Lipinski definition) is 2. The maximum atomic E-state index is 14.0. The molecule has 2 N–H and O–H groups in total. The van der Waals surface area contributed by atoms with Gasteiger partial charge in [-0.25, -0.2) is 18.9 Å². The van der Waals surface area contributed by atoms with E-state index in [0.717, 1.165) is 5.70 Å². The van der Waals surface area contributed by atoms with Crippen LogP contribution in [0.25, 0.3) is 5.57 Å². The first-order valence-electron chi connectivity index (χ1n) is 12.3. The normalized spacial score (nSPS) is 23.0.